The average molecular weight is 321 g/mol. The first-order valence-corrected chi connectivity index (χ1v) is 8.53. The highest BCUT2D eigenvalue weighted by molar-refractivity contribution is 8.13. The normalized spacial score (nSPS) is 17.4. The third kappa shape index (κ3) is 3.50. The van der Waals surface area contributed by atoms with Gasteiger partial charge in [-0.25, -0.2) is 13.4 Å². The molecule has 1 fully saturated rings. The fourth-order valence-electron chi connectivity index (χ4n) is 2.06. The average Bonchev–Trinajstić information content (AvgIpc) is 2.71. The second-order valence-electron chi connectivity index (χ2n) is 4.88. The van der Waals surface area contributed by atoms with Crippen LogP contribution in [0.3, 0.4) is 0 Å². The monoisotopic (exact) mass is 320 g/mol. The van der Waals surface area contributed by atoms with Crippen molar-refractivity contribution in [3.8, 4) is 0 Å². The molecule has 1 aliphatic heterocycles. The number of carbonyl (C=O) groups is 1. The summed E-state index contributed by atoms with van der Waals surface area (Å²) < 4.78 is 23.9. The highest BCUT2D eigenvalue weighted by Gasteiger charge is 2.21. The zero-order valence-electron chi connectivity index (χ0n) is 11.4. The Bertz CT molecular complexity index is 605. The molecular formula is C11H17ClN4O3S. The SMILES string of the molecule is Cc1nc(S(=O)(=O)Cl)cn1CC(=O)N1CCN(C)CC1. The predicted molar refractivity (Wildman–Crippen MR) is 74.1 cm³/mol. The van der Waals surface area contributed by atoms with E-state index < -0.39 is 9.05 Å². The molecule has 2 rings (SSSR count). The fourth-order valence-corrected chi connectivity index (χ4v) is 2.78. The van der Waals surface area contributed by atoms with Crippen molar-refractivity contribution >= 4 is 25.6 Å². The Hall–Kier alpha value is -1.12. The first-order chi connectivity index (χ1) is 9.27. The van der Waals surface area contributed by atoms with Gasteiger partial charge in [0.05, 0.1) is 0 Å². The van der Waals surface area contributed by atoms with E-state index in [2.05, 4.69) is 9.88 Å². The molecule has 0 spiro atoms. The molecule has 0 aromatic carbocycles. The highest BCUT2D eigenvalue weighted by Crippen LogP contribution is 2.14. The van der Waals surface area contributed by atoms with Crippen molar-refractivity contribution in [2.75, 3.05) is 33.2 Å². The molecule has 0 bridgehead atoms. The van der Waals surface area contributed by atoms with Crippen molar-refractivity contribution in [1.82, 2.24) is 19.4 Å². The summed E-state index contributed by atoms with van der Waals surface area (Å²) in [6.45, 7) is 4.77. The summed E-state index contributed by atoms with van der Waals surface area (Å²) in [6.07, 6.45) is 1.30. The molecule has 112 valence electrons. The number of nitrogens with zero attached hydrogens (tertiary/aromatic N) is 4. The van der Waals surface area contributed by atoms with Gasteiger partial charge in [-0.1, -0.05) is 0 Å². The van der Waals surface area contributed by atoms with Crippen LogP contribution in [0.1, 0.15) is 5.82 Å². The van der Waals surface area contributed by atoms with Gasteiger partial charge in [-0.3, -0.25) is 4.79 Å². The topological polar surface area (TPSA) is 75.5 Å². The van der Waals surface area contributed by atoms with E-state index >= 15 is 0 Å². The number of likely N-dealkylation sites (N-methyl/N-ethyl adjacent to an activating group) is 1. The van der Waals surface area contributed by atoms with Gasteiger partial charge in [0.25, 0.3) is 9.05 Å². The van der Waals surface area contributed by atoms with Crippen molar-refractivity contribution in [2.45, 2.75) is 18.5 Å². The lowest BCUT2D eigenvalue weighted by molar-refractivity contribution is -0.133. The summed E-state index contributed by atoms with van der Waals surface area (Å²) >= 11 is 0. The van der Waals surface area contributed by atoms with Crippen LogP contribution in [0.2, 0.25) is 0 Å². The maximum Gasteiger partial charge on any atom is 0.280 e. The quantitative estimate of drug-likeness (QED) is 0.727. The first kappa shape index (κ1) is 15.3. The van der Waals surface area contributed by atoms with Crippen molar-refractivity contribution < 1.29 is 13.2 Å². The van der Waals surface area contributed by atoms with E-state index in [-0.39, 0.29) is 17.5 Å². The number of halogens is 1. The maximum absolute atomic E-state index is 12.2. The van der Waals surface area contributed by atoms with Gasteiger partial charge in [-0.2, -0.15) is 0 Å². The third-order valence-corrected chi connectivity index (χ3v) is 4.54. The number of piperazine rings is 1. The predicted octanol–water partition coefficient (Wildman–Crippen LogP) is -0.107. The lowest BCUT2D eigenvalue weighted by Gasteiger charge is -2.32. The smallest absolute Gasteiger partial charge is 0.280 e. The van der Waals surface area contributed by atoms with E-state index in [0.29, 0.717) is 18.9 Å². The van der Waals surface area contributed by atoms with Crippen molar-refractivity contribution in [3.05, 3.63) is 12.0 Å². The molecule has 9 heteroatoms. The van der Waals surface area contributed by atoms with Crippen LogP contribution in [0.25, 0.3) is 0 Å². The van der Waals surface area contributed by atoms with Crippen LogP contribution in [0, 0.1) is 6.92 Å². The van der Waals surface area contributed by atoms with Crippen LogP contribution in [-0.4, -0.2) is 66.9 Å². The molecule has 1 saturated heterocycles. The molecule has 1 aromatic heterocycles. The minimum Gasteiger partial charge on any atom is -0.339 e. The van der Waals surface area contributed by atoms with Gasteiger partial charge in [0.1, 0.15) is 12.4 Å². The molecule has 2 heterocycles. The summed E-state index contributed by atoms with van der Waals surface area (Å²) in [4.78, 5) is 19.9. The number of imidazole rings is 1. The number of carbonyl (C=O) groups excluding carboxylic acids is 1. The summed E-state index contributed by atoms with van der Waals surface area (Å²) in [5.74, 6) is 0.406. The molecular weight excluding hydrogens is 304 g/mol. The van der Waals surface area contributed by atoms with Gasteiger partial charge in [0.2, 0.25) is 5.91 Å². The Balaban J connectivity index is 2.07. The van der Waals surface area contributed by atoms with Crippen LogP contribution in [0.4, 0.5) is 0 Å². The molecule has 20 heavy (non-hydrogen) atoms. The molecule has 0 atom stereocenters. The molecule has 1 aromatic rings. The van der Waals surface area contributed by atoms with E-state index in [1.165, 1.54) is 10.8 Å². The molecule has 0 saturated carbocycles. The van der Waals surface area contributed by atoms with Crippen LogP contribution < -0.4 is 0 Å². The summed E-state index contributed by atoms with van der Waals surface area (Å²) in [5.41, 5.74) is 0. The number of aromatic nitrogens is 2. The third-order valence-electron chi connectivity index (χ3n) is 3.37. The minimum atomic E-state index is -3.86. The van der Waals surface area contributed by atoms with Crippen molar-refractivity contribution in [3.63, 3.8) is 0 Å². The van der Waals surface area contributed by atoms with Gasteiger partial charge in [-0.15, -0.1) is 0 Å². The Morgan fingerprint density at radius 1 is 1.35 bits per heavy atom. The van der Waals surface area contributed by atoms with Gasteiger partial charge < -0.3 is 14.4 Å². The molecule has 0 aliphatic carbocycles. The van der Waals surface area contributed by atoms with Crippen molar-refractivity contribution in [2.24, 2.45) is 0 Å². The highest BCUT2D eigenvalue weighted by atomic mass is 35.7. The van der Waals surface area contributed by atoms with Crippen molar-refractivity contribution in [1.29, 1.82) is 0 Å². The van der Waals surface area contributed by atoms with Gasteiger partial charge in [0.15, 0.2) is 5.03 Å². The van der Waals surface area contributed by atoms with Gasteiger partial charge >= 0.3 is 0 Å². The van der Waals surface area contributed by atoms with Crippen LogP contribution >= 0.6 is 10.7 Å². The minimum absolute atomic E-state index is 0.0443. The number of rotatable bonds is 3. The Morgan fingerprint density at radius 2 is 1.95 bits per heavy atom. The molecule has 0 N–H and O–H groups in total. The summed E-state index contributed by atoms with van der Waals surface area (Å²) in [7, 11) is 3.39. The van der Waals surface area contributed by atoms with Crippen LogP contribution in [0.5, 0.6) is 0 Å². The van der Waals surface area contributed by atoms with E-state index in [1.807, 2.05) is 7.05 Å². The van der Waals surface area contributed by atoms with Gasteiger partial charge in [0, 0.05) is 43.1 Å². The summed E-state index contributed by atoms with van der Waals surface area (Å²) in [5, 5.41) is -0.220. The second-order valence-corrected chi connectivity index (χ2v) is 7.39. The van der Waals surface area contributed by atoms with Crippen LogP contribution in [-0.2, 0) is 20.4 Å². The lowest BCUT2D eigenvalue weighted by atomic mass is 10.3. The van der Waals surface area contributed by atoms with Gasteiger partial charge in [-0.05, 0) is 14.0 Å². The number of hydrogen-bond acceptors (Lipinski definition) is 5. The zero-order chi connectivity index (χ0) is 14.9. The molecule has 0 unspecified atom stereocenters. The first-order valence-electron chi connectivity index (χ1n) is 6.22. The van der Waals surface area contributed by atoms with E-state index in [4.69, 9.17) is 10.7 Å². The Morgan fingerprint density at radius 3 is 2.45 bits per heavy atom. The number of aryl methyl sites for hydroxylation is 1. The number of amides is 1. The molecule has 0 radical (unpaired) electrons. The van der Waals surface area contributed by atoms with E-state index in [1.54, 1.807) is 11.8 Å². The second kappa shape index (κ2) is 5.71. The van der Waals surface area contributed by atoms with E-state index in [0.717, 1.165) is 13.1 Å². The molecule has 7 nitrogen and oxygen atoms in total. The van der Waals surface area contributed by atoms with Crippen LogP contribution in [0.15, 0.2) is 11.2 Å². The molecule has 1 amide bonds. The Labute approximate surface area is 122 Å². The zero-order valence-corrected chi connectivity index (χ0v) is 13.0. The Kier molecular flexibility index (Phi) is 4.36. The fraction of sp³-hybridized carbons (Fsp3) is 0.636. The largest absolute Gasteiger partial charge is 0.339 e. The van der Waals surface area contributed by atoms with E-state index in [9.17, 15) is 13.2 Å². The summed E-state index contributed by atoms with van der Waals surface area (Å²) in [6, 6.07) is 0. The number of hydrogen-bond donors (Lipinski definition) is 0. The maximum atomic E-state index is 12.2. The molecule has 1 aliphatic rings. The lowest BCUT2D eigenvalue weighted by Crippen LogP contribution is -2.48. The standard InChI is InChI=1S/C11H17ClN4O3S/c1-9-13-10(20(12,18)19)7-16(9)8-11(17)15-5-3-14(2)4-6-15/h7H,3-6,8H2,1-2H3.